The van der Waals surface area contributed by atoms with Gasteiger partial charge in [-0.15, -0.1) is 0 Å². The van der Waals surface area contributed by atoms with Crippen LogP contribution in [0.5, 0.6) is 5.75 Å². The topological polar surface area (TPSA) is 92.8 Å². The fourth-order valence-corrected chi connectivity index (χ4v) is 4.10. The summed E-state index contributed by atoms with van der Waals surface area (Å²) in [6, 6.07) is 6.65. The van der Waals surface area contributed by atoms with E-state index in [-0.39, 0.29) is 24.9 Å². The number of sulfonamides is 2. The molecule has 0 heterocycles. The molecule has 0 fully saturated rings. The zero-order valence-electron chi connectivity index (χ0n) is 14.5. The first-order chi connectivity index (χ1) is 11.0. The van der Waals surface area contributed by atoms with Gasteiger partial charge < -0.3 is 4.74 Å². The highest BCUT2D eigenvalue weighted by molar-refractivity contribution is 7.92. The summed E-state index contributed by atoms with van der Waals surface area (Å²) < 4.78 is 56.4. The zero-order valence-corrected chi connectivity index (χ0v) is 16.2. The Morgan fingerprint density at radius 1 is 1.12 bits per heavy atom. The lowest BCUT2D eigenvalue weighted by Gasteiger charge is -2.23. The Morgan fingerprint density at radius 2 is 1.71 bits per heavy atom. The number of hydrogen-bond donors (Lipinski definition) is 1. The highest BCUT2D eigenvalue weighted by atomic mass is 32.2. The maximum atomic E-state index is 12.0. The van der Waals surface area contributed by atoms with Gasteiger partial charge in [-0.2, -0.15) is 0 Å². The molecule has 138 valence electrons. The standard InChI is InChI=1S/C15H26N2O5S2/c1-5-12-24(20,21)16-10-11-17(23(4,18)19)14-6-8-15(9-7-14)22-13(2)3/h6-9,13,16H,5,10-12H2,1-4H3. The van der Waals surface area contributed by atoms with Gasteiger partial charge in [0.15, 0.2) is 0 Å². The van der Waals surface area contributed by atoms with Crippen LogP contribution in [0.15, 0.2) is 24.3 Å². The molecule has 0 aliphatic carbocycles. The average molecular weight is 379 g/mol. The molecule has 24 heavy (non-hydrogen) atoms. The van der Waals surface area contributed by atoms with Crippen molar-refractivity contribution in [1.29, 1.82) is 0 Å². The Morgan fingerprint density at radius 3 is 2.17 bits per heavy atom. The average Bonchev–Trinajstić information content (AvgIpc) is 2.43. The largest absolute Gasteiger partial charge is 0.491 e. The molecule has 0 aliphatic heterocycles. The molecule has 0 aliphatic rings. The Hall–Kier alpha value is -1.32. The Kier molecular flexibility index (Phi) is 7.50. The van der Waals surface area contributed by atoms with Crippen LogP contribution < -0.4 is 13.8 Å². The van der Waals surface area contributed by atoms with Gasteiger partial charge in [-0.05, 0) is 44.5 Å². The van der Waals surface area contributed by atoms with Crippen LogP contribution >= 0.6 is 0 Å². The number of benzene rings is 1. The molecule has 1 rings (SSSR count). The Labute approximate surface area is 145 Å². The molecule has 1 N–H and O–H groups in total. The van der Waals surface area contributed by atoms with Crippen LogP contribution in [-0.4, -0.2) is 48.0 Å². The van der Waals surface area contributed by atoms with Crippen LogP contribution in [0, 0.1) is 0 Å². The monoisotopic (exact) mass is 378 g/mol. The van der Waals surface area contributed by atoms with Gasteiger partial charge in [0, 0.05) is 13.1 Å². The van der Waals surface area contributed by atoms with Gasteiger partial charge >= 0.3 is 0 Å². The van der Waals surface area contributed by atoms with E-state index in [1.807, 2.05) is 13.8 Å². The summed E-state index contributed by atoms with van der Waals surface area (Å²) in [7, 11) is -6.89. The molecule has 1 aromatic rings. The summed E-state index contributed by atoms with van der Waals surface area (Å²) in [6.45, 7) is 5.60. The predicted octanol–water partition coefficient (Wildman–Crippen LogP) is 1.57. The minimum absolute atomic E-state index is 0.0135. The number of ether oxygens (including phenoxy) is 1. The van der Waals surface area contributed by atoms with Crippen molar-refractivity contribution < 1.29 is 21.6 Å². The van der Waals surface area contributed by atoms with Crippen molar-refractivity contribution in [3.8, 4) is 5.75 Å². The van der Waals surface area contributed by atoms with Gasteiger partial charge in [0.25, 0.3) is 0 Å². The molecule has 0 aromatic heterocycles. The molecular formula is C15H26N2O5S2. The lowest BCUT2D eigenvalue weighted by Crippen LogP contribution is -2.38. The van der Waals surface area contributed by atoms with Crippen LogP contribution in [0.3, 0.4) is 0 Å². The minimum Gasteiger partial charge on any atom is -0.491 e. The first-order valence-electron chi connectivity index (χ1n) is 7.77. The van der Waals surface area contributed by atoms with E-state index in [2.05, 4.69) is 4.72 Å². The number of nitrogens with zero attached hydrogens (tertiary/aromatic N) is 1. The molecule has 0 bridgehead atoms. The molecule has 0 saturated carbocycles. The maximum absolute atomic E-state index is 12.0. The van der Waals surface area contributed by atoms with E-state index in [1.54, 1.807) is 31.2 Å². The third-order valence-electron chi connectivity index (χ3n) is 3.01. The van der Waals surface area contributed by atoms with E-state index in [9.17, 15) is 16.8 Å². The molecule has 0 radical (unpaired) electrons. The first kappa shape index (κ1) is 20.7. The molecule has 0 atom stereocenters. The second-order valence-corrected chi connectivity index (χ2v) is 9.54. The summed E-state index contributed by atoms with van der Waals surface area (Å²) >= 11 is 0. The van der Waals surface area contributed by atoms with Crippen LogP contribution in [0.2, 0.25) is 0 Å². The highest BCUT2D eigenvalue weighted by Gasteiger charge is 2.18. The van der Waals surface area contributed by atoms with E-state index in [4.69, 9.17) is 4.74 Å². The second-order valence-electron chi connectivity index (χ2n) is 5.71. The fraction of sp³-hybridized carbons (Fsp3) is 0.600. The van der Waals surface area contributed by atoms with E-state index >= 15 is 0 Å². The number of rotatable bonds is 10. The molecule has 0 saturated heterocycles. The molecular weight excluding hydrogens is 352 g/mol. The third-order valence-corrected chi connectivity index (χ3v) is 5.79. The van der Waals surface area contributed by atoms with Gasteiger partial charge in [-0.3, -0.25) is 4.31 Å². The second kappa shape index (κ2) is 8.68. The number of anilines is 1. The van der Waals surface area contributed by atoms with E-state index < -0.39 is 20.0 Å². The maximum Gasteiger partial charge on any atom is 0.232 e. The van der Waals surface area contributed by atoms with Crippen LogP contribution in [0.4, 0.5) is 5.69 Å². The Balaban J connectivity index is 2.83. The van der Waals surface area contributed by atoms with Crippen LogP contribution in [0.25, 0.3) is 0 Å². The van der Waals surface area contributed by atoms with Gasteiger partial charge in [0.05, 0.1) is 23.8 Å². The van der Waals surface area contributed by atoms with Gasteiger partial charge in [0.2, 0.25) is 20.0 Å². The van der Waals surface area contributed by atoms with Crippen molar-refractivity contribution >= 4 is 25.7 Å². The van der Waals surface area contributed by atoms with Crippen molar-refractivity contribution in [1.82, 2.24) is 4.72 Å². The summed E-state index contributed by atoms with van der Waals surface area (Å²) in [5, 5.41) is 0. The Bertz CT molecular complexity index is 713. The summed E-state index contributed by atoms with van der Waals surface area (Å²) in [6.07, 6.45) is 1.61. The summed E-state index contributed by atoms with van der Waals surface area (Å²) in [5.74, 6) is 0.665. The zero-order chi connectivity index (χ0) is 18.4. The molecule has 1 aromatic carbocycles. The van der Waals surface area contributed by atoms with Crippen molar-refractivity contribution in [3.63, 3.8) is 0 Å². The van der Waals surface area contributed by atoms with Crippen LogP contribution in [0.1, 0.15) is 27.2 Å². The molecule has 0 amide bonds. The predicted molar refractivity (Wildman–Crippen MR) is 96.5 cm³/mol. The van der Waals surface area contributed by atoms with E-state index in [1.165, 1.54) is 4.31 Å². The number of hydrogen-bond acceptors (Lipinski definition) is 5. The third kappa shape index (κ3) is 7.06. The van der Waals surface area contributed by atoms with Crippen molar-refractivity contribution in [3.05, 3.63) is 24.3 Å². The van der Waals surface area contributed by atoms with Gasteiger partial charge in [0.1, 0.15) is 5.75 Å². The lowest BCUT2D eigenvalue weighted by atomic mass is 10.3. The number of nitrogens with one attached hydrogen (secondary N) is 1. The quantitative estimate of drug-likeness (QED) is 0.667. The van der Waals surface area contributed by atoms with Crippen molar-refractivity contribution in [2.24, 2.45) is 0 Å². The van der Waals surface area contributed by atoms with E-state index in [0.29, 0.717) is 17.9 Å². The molecule has 9 heteroatoms. The lowest BCUT2D eigenvalue weighted by molar-refractivity contribution is 0.242. The summed E-state index contributed by atoms with van der Waals surface area (Å²) in [5.41, 5.74) is 0.461. The fourth-order valence-electron chi connectivity index (χ4n) is 2.09. The summed E-state index contributed by atoms with van der Waals surface area (Å²) in [4.78, 5) is 0. The van der Waals surface area contributed by atoms with Crippen LogP contribution in [-0.2, 0) is 20.0 Å². The minimum atomic E-state index is -3.53. The van der Waals surface area contributed by atoms with Gasteiger partial charge in [-0.1, -0.05) is 6.92 Å². The molecule has 0 spiro atoms. The normalized spacial score (nSPS) is 12.4. The van der Waals surface area contributed by atoms with E-state index in [0.717, 1.165) is 6.26 Å². The highest BCUT2D eigenvalue weighted by Crippen LogP contribution is 2.22. The molecule has 0 unspecified atom stereocenters. The van der Waals surface area contributed by atoms with Crippen molar-refractivity contribution in [2.45, 2.75) is 33.3 Å². The SMILES string of the molecule is CCCS(=O)(=O)NCCN(c1ccc(OC(C)C)cc1)S(C)(=O)=O. The first-order valence-corrected chi connectivity index (χ1v) is 11.3. The molecule has 7 nitrogen and oxygen atoms in total. The van der Waals surface area contributed by atoms with Crippen molar-refractivity contribution in [2.75, 3.05) is 29.4 Å². The smallest absolute Gasteiger partial charge is 0.232 e. The van der Waals surface area contributed by atoms with Gasteiger partial charge in [-0.25, -0.2) is 21.6 Å².